The van der Waals surface area contributed by atoms with Crippen molar-refractivity contribution in [3.05, 3.63) is 29.5 Å². The first-order valence-electron chi connectivity index (χ1n) is 7.59. The summed E-state index contributed by atoms with van der Waals surface area (Å²) in [6.07, 6.45) is 0. The van der Waals surface area contributed by atoms with Crippen molar-refractivity contribution in [2.45, 2.75) is 19.5 Å². The number of nitrogens with zero attached hydrogens (tertiary/aromatic N) is 5. The van der Waals surface area contributed by atoms with Gasteiger partial charge in [-0.3, -0.25) is 4.90 Å². The number of thioether (sulfide) groups is 1. The molecule has 7 nitrogen and oxygen atoms in total. The normalized spacial score (nSPS) is 19.0. The minimum Gasteiger partial charge on any atom is -0.465 e. The van der Waals surface area contributed by atoms with Crippen LogP contribution in [0.2, 0.25) is 0 Å². The maximum absolute atomic E-state index is 5.84. The van der Waals surface area contributed by atoms with Crippen molar-refractivity contribution in [3.8, 4) is 0 Å². The van der Waals surface area contributed by atoms with Gasteiger partial charge < -0.3 is 15.1 Å². The lowest BCUT2D eigenvalue weighted by atomic mass is 10.2. The van der Waals surface area contributed by atoms with Gasteiger partial charge >= 0.3 is 0 Å². The lowest BCUT2D eigenvalue weighted by Gasteiger charge is -2.33. The average molecular weight is 334 g/mol. The molecule has 2 N–H and O–H groups in total. The second kappa shape index (κ2) is 6.76. The van der Waals surface area contributed by atoms with Crippen LogP contribution >= 0.6 is 11.8 Å². The third-order valence-corrected chi connectivity index (χ3v) is 4.78. The van der Waals surface area contributed by atoms with E-state index < -0.39 is 0 Å². The van der Waals surface area contributed by atoms with Gasteiger partial charge in [-0.2, -0.15) is 26.7 Å². The summed E-state index contributed by atoms with van der Waals surface area (Å²) in [5.74, 6) is 5.59. The Morgan fingerprint density at radius 3 is 2.87 bits per heavy atom. The van der Waals surface area contributed by atoms with Crippen molar-refractivity contribution in [1.29, 1.82) is 0 Å². The Bertz CT molecular complexity index is 674. The van der Waals surface area contributed by atoms with E-state index in [1.54, 1.807) is 0 Å². The van der Waals surface area contributed by atoms with Gasteiger partial charge in [0.15, 0.2) is 0 Å². The summed E-state index contributed by atoms with van der Waals surface area (Å²) in [6.45, 7) is 3.58. The van der Waals surface area contributed by atoms with Gasteiger partial charge in [-0.25, -0.2) is 0 Å². The van der Waals surface area contributed by atoms with E-state index >= 15 is 0 Å². The minimum atomic E-state index is 0.239. The van der Waals surface area contributed by atoms with Crippen LogP contribution in [0.25, 0.3) is 0 Å². The molecule has 0 aliphatic carbocycles. The molecule has 8 heteroatoms. The Labute approximate surface area is 140 Å². The van der Waals surface area contributed by atoms with Gasteiger partial charge in [0.05, 0.1) is 12.6 Å². The molecule has 2 aromatic heterocycles. The van der Waals surface area contributed by atoms with Crippen LogP contribution in [0.15, 0.2) is 16.5 Å². The molecule has 0 aromatic carbocycles. The van der Waals surface area contributed by atoms with Crippen LogP contribution in [-0.4, -0.2) is 52.0 Å². The van der Waals surface area contributed by atoms with Crippen LogP contribution in [0.3, 0.4) is 0 Å². The highest BCUT2D eigenvalue weighted by molar-refractivity contribution is 7.99. The Balaban J connectivity index is 1.82. The lowest BCUT2D eigenvalue weighted by Crippen LogP contribution is -2.36. The summed E-state index contributed by atoms with van der Waals surface area (Å²) in [5, 5.41) is 0. The van der Waals surface area contributed by atoms with Crippen LogP contribution in [0.1, 0.15) is 23.4 Å². The first kappa shape index (κ1) is 16.1. The molecular weight excluding hydrogens is 312 g/mol. The summed E-state index contributed by atoms with van der Waals surface area (Å²) in [5.41, 5.74) is 5.82. The number of hydrogen-bond acceptors (Lipinski definition) is 8. The van der Waals surface area contributed by atoms with Gasteiger partial charge in [0.2, 0.25) is 11.9 Å². The standard InChI is InChI=1S/C15H22N6OS/c1-10-4-5-12(22-10)11-9-23-7-6-21(11)8-13-17-14(16)19-15(18-13)20(2)3/h4-5,11H,6-9H2,1-3H3,(H2,16,17,18,19). The Morgan fingerprint density at radius 2 is 2.17 bits per heavy atom. The Hall–Kier alpha value is -1.80. The van der Waals surface area contributed by atoms with E-state index in [2.05, 4.69) is 25.9 Å². The van der Waals surface area contributed by atoms with Crippen molar-refractivity contribution >= 4 is 23.7 Å². The smallest absolute Gasteiger partial charge is 0.229 e. The van der Waals surface area contributed by atoms with Crippen LogP contribution < -0.4 is 10.6 Å². The van der Waals surface area contributed by atoms with Crippen molar-refractivity contribution in [3.63, 3.8) is 0 Å². The summed E-state index contributed by atoms with van der Waals surface area (Å²) in [6, 6.07) is 4.31. The maximum atomic E-state index is 5.84. The van der Waals surface area contributed by atoms with Crippen molar-refractivity contribution < 1.29 is 4.42 Å². The molecule has 1 unspecified atom stereocenters. The molecule has 0 radical (unpaired) electrons. The van der Waals surface area contributed by atoms with Gasteiger partial charge in [0.25, 0.3) is 0 Å². The largest absolute Gasteiger partial charge is 0.465 e. The second-order valence-corrected chi connectivity index (χ2v) is 6.96. The summed E-state index contributed by atoms with van der Waals surface area (Å²) >= 11 is 1.94. The second-order valence-electron chi connectivity index (χ2n) is 5.81. The molecule has 0 bridgehead atoms. The van der Waals surface area contributed by atoms with E-state index in [9.17, 15) is 0 Å². The predicted octanol–water partition coefficient (Wildman–Crippen LogP) is 1.71. The Kier molecular flexibility index (Phi) is 4.72. The van der Waals surface area contributed by atoms with E-state index in [0.29, 0.717) is 18.3 Å². The topological polar surface area (TPSA) is 84.3 Å². The predicted molar refractivity (Wildman–Crippen MR) is 92.5 cm³/mol. The zero-order valence-corrected chi connectivity index (χ0v) is 14.5. The number of aromatic nitrogens is 3. The molecule has 0 saturated carbocycles. The molecule has 3 heterocycles. The van der Waals surface area contributed by atoms with E-state index in [1.165, 1.54) is 0 Å². The number of furan rings is 1. The third-order valence-electron chi connectivity index (χ3n) is 3.76. The summed E-state index contributed by atoms with van der Waals surface area (Å²) < 4.78 is 5.84. The zero-order valence-electron chi connectivity index (χ0n) is 13.7. The number of aryl methyl sites for hydroxylation is 1. The van der Waals surface area contributed by atoms with Gasteiger partial charge in [-0.1, -0.05) is 0 Å². The maximum Gasteiger partial charge on any atom is 0.229 e. The molecule has 2 aromatic rings. The van der Waals surface area contributed by atoms with E-state index in [1.807, 2.05) is 43.7 Å². The molecule has 3 rings (SSSR count). The molecule has 1 fully saturated rings. The van der Waals surface area contributed by atoms with E-state index in [0.717, 1.165) is 29.6 Å². The lowest BCUT2D eigenvalue weighted by molar-refractivity contribution is 0.183. The Morgan fingerprint density at radius 1 is 1.35 bits per heavy atom. The first-order chi connectivity index (χ1) is 11.0. The monoisotopic (exact) mass is 334 g/mol. The van der Waals surface area contributed by atoms with Crippen LogP contribution in [0, 0.1) is 6.92 Å². The SMILES string of the molecule is Cc1ccc(C2CSCCN2Cc2nc(N)nc(N(C)C)n2)o1. The molecule has 1 atom stereocenters. The molecule has 23 heavy (non-hydrogen) atoms. The fourth-order valence-corrected chi connectivity index (χ4v) is 3.73. The molecular formula is C15H22N6OS. The highest BCUT2D eigenvalue weighted by atomic mass is 32.2. The van der Waals surface area contributed by atoms with Gasteiger partial charge in [-0.15, -0.1) is 0 Å². The zero-order chi connectivity index (χ0) is 16.4. The molecule has 124 valence electrons. The number of hydrogen-bond donors (Lipinski definition) is 1. The third kappa shape index (κ3) is 3.76. The van der Waals surface area contributed by atoms with Crippen molar-refractivity contribution in [2.75, 3.05) is 42.8 Å². The molecule has 1 aliphatic heterocycles. The fraction of sp³-hybridized carbons (Fsp3) is 0.533. The fourth-order valence-electron chi connectivity index (χ4n) is 2.60. The highest BCUT2D eigenvalue weighted by Gasteiger charge is 2.27. The average Bonchev–Trinajstić information content (AvgIpc) is 2.93. The van der Waals surface area contributed by atoms with Gasteiger partial charge in [0, 0.05) is 32.1 Å². The van der Waals surface area contributed by atoms with Crippen molar-refractivity contribution in [1.82, 2.24) is 19.9 Å². The van der Waals surface area contributed by atoms with E-state index in [4.69, 9.17) is 10.2 Å². The quantitative estimate of drug-likeness (QED) is 0.904. The molecule has 0 amide bonds. The number of nitrogens with two attached hydrogens (primary N) is 1. The molecule has 1 aliphatic rings. The minimum absolute atomic E-state index is 0.239. The number of nitrogen functional groups attached to an aromatic ring is 1. The van der Waals surface area contributed by atoms with Gasteiger partial charge in [-0.05, 0) is 19.1 Å². The van der Waals surface area contributed by atoms with E-state index in [-0.39, 0.29) is 12.0 Å². The van der Waals surface area contributed by atoms with Crippen molar-refractivity contribution in [2.24, 2.45) is 0 Å². The van der Waals surface area contributed by atoms with Gasteiger partial charge in [0.1, 0.15) is 17.3 Å². The van der Waals surface area contributed by atoms with Crippen LogP contribution in [0.5, 0.6) is 0 Å². The summed E-state index contributed by atoms with van der Waals surface area (Å²) in [7, 11) is 3.79. The first-order valence-corrected chi connectivity index (χ1v) is 8.74. The summed E-state index contributed by atoms with van der Waals surface area (Å²) in [4.78, 5) is 17.1. The van der Waals surface area contributed by atoms with Crippen LogP contribution in [0.4, 0.5) is 11.9 Å². The highest BCUT2D eigenvalue weighted by Crippen LogP contribution is 2.31. The molecule has 0 spiro atoms. The molecule has 1 saturated heterocycles. The van der Waals surface area contributed by atoms with Crippen LogP contribution in [-0.2, 0) is 6.54 Å². The number of anilines is 2. The number of rotatable bonds is 4.